The number of thiazole rings is 1. The Morgan fingerprint density at radius 3 is 2.50 bits per heavy atom. The zero-order valence-corrected chi connectivity index (χ0v) is 17.2. The van der Waals surface area contributed by atoms with Gasteiger partial charge in [0.25, 0.3) is 0 Å². The number of benzene rings is 2. The van der Waals surface area contributed by atoms with Gasteiger partial charge in [-0.1, -0.05) is 35.6 Å². The number of aromatic nitrogens is 1. The van der Waals surface area contributed by atoms with Crippen LogP contribution in [0, 0.1) is 6.92 Å². The highest BCUT2D eigenvalue weighted by Crippen LogP contribution is 2.30. The lowest BCUT2D eigenvalue weighted by Gasteiger charge is -2.34. The fraction of sp³-hybridized carbons (Fsp3) is 0.300. The van der Waals surface area contributed by atoms with Crippen molar-refractivity contribution in [1.29, 1.82) is 0 Å². The van der Waals surface area contributed by atoms with Crippen LogP contribution in [0.4, 0.5) is 5.13 Å². The number of fused-ring (bicyclic) bond motifs is 1. The topological polar surface area (TPSA) is 70.6 Å². The number of sulfone groups is 1. The minimum Gasteiger partial charge on any atom is -0.345 e. The molecule has 0 spiro atoms. The van der Waals surface area contributed by atoms with Crippen LogP contribution in [0.5, 0.6) is 0 Å². The van der Waals surface area contributed by atoms with Gasteiger partial charge < -0.3 is 9.80 Å². The van der Waals surface area contributed by atoms with Crippen LogP contribution in [0.15, 0.2) is 53.4 Å². The first kappa shape index (κ1) is 18.9. The molecule has 0 N–H and O–H groups in total. The number of hydrogen-bond acceptors (Lipinski definition) is 6. The summed E-state index contributed by atoms with van der Waals surface area (Å²) in [5.74, 6) is -0.833. The van der Waals surface area contributed by atoms with E-state index in [1.54, 1.807) is 34.4 Å². The van der Waals surface area contributed by atoms with Gasteiger partial charge in [0.1, 0.15) is 5.75 Å². The van der Waals surface area contributed by atoms with Crippen molar-refractivity contribution in [2.75, 3.05) is 36.8 Å². The zero-order chi connectivity index (χ0) is 19.7. The Morgan fingerprint density at radius 1 is 1.07 bits per heavy atom. The minimum absolute atomic E-state index is 0.187. The molecule has 1 aliphatic rings. The molecule has 1 saturated heterocycles. The lowest BCUT2D eigenvalue weighted by atomic mass is 10.2. The van der Waals surface area contributed by atoms with Gasteiger partial charge >= 0.3 is 0 Å². The maximum absolute atomic E-state index is 12.5. The Balaban J connectivity index is 1.40. The largest absolute Gasteiger partial charge is 0.345 e. The van der Waals surface area contributed by atoms with Gasteiger partial charge in [0.2, 0.25) is 5.91 Å². The molecule has 146 valence electrons. The standard InChI is InChI=1S/C20H21N3O3S2/c1-15-7-8-17-18(13-15)27-20(21-17)23-11-9-22(10-12-23)19(24)14-28(25,26)16-5-3-2-4-6-16/h2-8,13H,9-12,14H2,1H3. The second kappa shape index (κ2) is 7.52. The highest BCUT2D eigenvalue weighted by Gasteiger charge is 2.27. The third kappa shape index (κ3) is 3.88. The van der Waals surface area contributed by atoms with Crippen LogP contribution in [0.3, 0.4) is 0 Å². The molecule has 3 aromatic rings. The van der Waals surface area contributed by atoms with Gasteiger partial charge in [-0.3, -0.25) is 4.79 Å². The minimum atomic E-state index is -3.61. The Hall–Kier alpha value is -2.45. The van der Waals surface area contributed by atoms with Gasteiger partial charge in [-0.2, -0.15) is 0 Å². The molecule has 0 radical (unpaired) electrons. The van der Waals surface area contributed by atoms with E-state index in [0.29, 0.717) is 26.2 Å². The van der Waals surface area contributed by atoms with Crippen LogP contribution in [-0.4, -0.2) is 56.1 Å². The van der Waals surface area contributed by atoms with Gasteiger partial charge in [0.05, 0.1) is 15.1 Å². The average molecular weight is 416 g/mol. The Bertz CT molecular complexity index is 1100. The maximum atomic E-state index is 12.5. The lowest BCUT2D eigenvalue weighted by Crippen LogP contribution is -2.50. The summed E-state index contributed by atoms with van der Waals surface area (Å²) in [5.41, 5.74) is 2.19. The van der Waals surface area contributed by atoms with E-state index in [4.69, 9.17) is 4.98 Å². The molecule has 2 heterocycles. The average Bonchev–Trinajstić information content (AvgIpc) is 3.11. The number of amides is 1. The van der Waals surface area contributed by atoms with Crippen LogP contribution >= 0.6 is 11.3 Å². The molecule has 0 unspecified atom stereocenters. The fourth-order valence-corrected chi connectivity index (χ4v) is 5.63. The number of piperazine rings is 1. The molecule has 0 aliphatic carbocycles. The van der Waals surface area contributed by atoms with E-state index in [-0.39, 0.29) is 10.8 Å². The van der Waals surface area contributed by atoms with Gasteiger partial charge in [-0.15, -0.1) is 0 Å². The molecule has 8 heteroatoms. The van der Waals surface area contributed by atoms with Crippen molar-refractivity contribution in [3.8, 4) is 0 Å². The summed E-state index contributed by atoms with van der Waals surface area (Å²) in [6.07, 6.45) is 0. The predicted octanol–water partition coefficient (Wildman–Crippen LogP) is 2.73. The van der Waals surface area contributed by atoms with Crippen molar-refractivity contribution in [1.82, 2.24) is 9.88 Å². The summed E-state index contributed by atoms with van der Waals surface area (Å²) in [7, 11) is -3.61. The Morgan fingerprint density at radius 2 is 1.79 bits per heavy atom. The van der Waals surface area contributed by atoms with Crippen LogP contribution in [0.2, 0.25) is 0 Å². The monoisotopic (exact) mass is 415 g/mol. The predicted molar refractivity (Wildman–Crippen MR) is 112 cm³/mol. The fourth-order valence-electron chi connectivity index (χ4n) is 3.27. The molecule has 6 nitrogen and oxygen atoms in total. The van der Waals surface area contributed by atoms with Crippen molar-refractivity contribution in [2.45, 2.75) is 11.8 Å². The van der Waals surface area contributed by atoms with Crippen LogP contribution in [-0.2, 0) is 14.6 Å². The van der Waals surface area contributed by atoms with E-state index in [1.165, 1.54) is 17.7 Å². The molecule has 4 rings (SSSR count). The molecule has 28 heavy (non-hydrogen) atoms. The van der Waals surface area contributed by atoms with E-state index in [2.05, 4.69) is 24.0 Å². The molecule has 0 saturated carbocycles. The number of rotatable bonds is 4. The molecule has 1 aromatic heterocycles. The van der Waals surface area contributed by atoms with Crippen molar-refractivity contribution in [2.24, 2.45) is 0 Å². The highest BCUT2D eigenvalue weighted by molar-refractivity contribution is 7.92. The molecular weight excluding hydrogens is 394 g/mol. The lowest BCUT2D eigenvalue weighted by molar-refractivity contribution is -0.128. The van der Waals surface area contributed by atoms with Crippen molar-refractivity contribution in [3.05, 3.63) is 54.1 Å². The van der Waals surface area contributed by atoms with Crippen molar-refractivity contribution >= 4 is 42.4 Å². The molecule has 2 aromatic carbocycles. The van der Waals surface area contributed by atoms with Crippen LogP contribution in [0.1, 0.15) is 5.56 Å². The number of anilines is 1. The number of hydrogen-bond donors (Lipinski definition) is 0. The van der Waals surface area contributed by atoms with E-state index in [0.717, 1.165) is 15.3 Å². The number of aryl methyl sites for hydroxylation is 1. The Labute approximate surface area is 168 Å². The Kier molecular flexibility index (Phi) is 5.07. The molecular formula is C20H21N3O3S2. The first-order valence-electron chi connectivity index (χ1n) is 9.10. The number of carbonyl (C=O) groups is 1. The molecule has 0 atom stereocenters. The first-order valence-corrected chi connectivity index (χ1v) is 11.6. The number of nitrogens with zero attached hydrogens (tertiary/aromatic N) is 3. The second-order valence-electron chi connectivity index (χ2n) is 6.91. The van der Waals surface area contributed by atoms with Gasteiger partial charge in [-0.05, 0) is 36.8 Å². The third-order valence-electron chi connectivity index (χ3n) is 4.85. The summed E-state index contributed by atoms with van der Waals surface area (Å²) < 4.78 is 26.0. The summed E-state index contributed by atoms with van der Waals surface area (Å²) in [6.45, 7) is 4.36. The van der Waals surface area contributed by atoms with Gasteiger partial charge in [0.15, 0.2) is 15.0 Å². The van der Waals surface area contributed by atoms with E-state index >= 15 is 0 Å². The van der Waals surface area contributed by atoms with Gasteiger partial charge in [0, 0.05) is 26.2 Å². The van der Waals surface area contributed by atoms with Crippen molar-refractivity contribution in [3.63, 3.8) is 0 Å². The second-order valence-corrected chi connectivity index (χ2v) is 9.91. The summed E-state index contributed by atoms with van der Waals surface area (Å²) in [5, 5.41) is 0.949. The summed E-state index contributed by atoms with van der Waals surface area (Å²) in [4.78, 5) is 21.2. The summed E-state index contributed by atoms with van der Waals surface area (Å²) in [6, 6.07) is 14.3. The van der Waals surface area contributed by atoms with E-state index in [9.17, 15) is 13.2 Å². The third-order valence-corrected chi connectivity index (χ3v) is 7.55. The quantitative estimate of drug-likeness (QED) is 0.655. The van der Waals surface area contributed by atoms with Crippen LogP contribution in [0.25, 0.3) is 10.2 Å². The SMILES string of the molecule is Cc1ccc2nc(N3CCN(C(=O)CS(=O)(=O)c4ccccc4)CC3)sc2c1. The first-order chi connectivity index (χ1) is 13.4. The van der Waals surface area contributed by atoms with Crippen LogP contribution < -0.4 is 4.90 Å². The van der Waals surface area contributed by atoms with E-state index < -0.39 is 15.6 Å². The van der Waals surface area contributed by atoms with Crippen molar-refractivity contribution < 1.29 is 13.2 Å². The number of carbonyl (C=O) groups excluding carboxylic acids is 1. The maximum Gasteiger partial charge on any atom is 0.238 e. The normalized spacial score (nSPS) is 15.2. The molecule has 1 aliphatic heterocycles. The summed E-state index contributed by atoms with van der Waals surface area (Å²) >= 11 is 1.65. The molecule has 1 fully saturated rings. The van der Waals surface area contributed by atoms with E-state index in [1.807, 2.05) is 6.07 Å². The molecule has 0 bridgehead atoms. The van der Waals surface area contributed by atoms with Gasteiger partial charge in [-0.25, -0.2) is 13.4 Å². The molecule has 1 amide bonds. The zero-order valence-electron chi connectivity index (χ0n) is 15.5. The highest BCUT2D eigenvalue weighted by atomic mass is 32.2. The smallest absolute Gasteiger partial charge is 0.238 e.